The topological polar surface area (TPSA) is 78.7 Å². The Morgan fingerprint density at radius 1 is 1.17 bits per heavy atom. The molecule has 0 radical (unpaired) electrons. The molecule has 1 atom stereocenters. The van der Waals surface area contributed by atoms with Crippen LogP contribution in [0.3, 0.4) is 0 Å². The first kappa shape index (κ1) is 28.1. The van der Waals surface area contributed by atoms with E-state index in [1.807, 2.05) is 25.1 Å². The molecule has 0 amide bonds. The summed E-state index contributed by atoms with van der Waals surface area (Å²) in [5.74, 6) is 1.12. The van der Waals surface area contributed by atoms with E-state index in [9.17, 15) is 9.18 Å². The van der Waals surface area contributed by atoms with Crippen molar-refractivity contribution in [3.8, 4) is 5.88 Å². The predicted octanol–water partition coefficient (Wildman–Crippen LogP) is 6.21. The standard InChI is InChI=1S/C30H32ClFN4O4S/c1-2-38-30(37)26-15-25-29(41-26)34-27(36(25)16-22-10-13-39-22)17-35-11-8-19(9-12-35)24-4-3-5-28(33-24)40-18-20-6-7-21(31)14-23(20)32/h3-7,14-15,19,22H,2,8-13,16-18H2,1H3. The quantitative estimate of drug-likeness (QED) is 0.201. The molecule has 6 rings (SSSR count). The fourth-order valence-electron chi connectivity index (χ4n) is 5.34. The molecule has 5 heterocycles. The van der Waals surface area contributed by atoms with Gasteiger partial charge < -0.3 is 18.8 Å². The summed E-state index contributed by atoms with van der Waals surface area (Å²) in [6.07, 6.45) is 3.15. The Bertz CT molecular complexity index is 1530. The van der Waals surface area contributed by atoms with E-state index in [2.05, 4.69) is 9.47 Å². The molecule has 1 unspecified atom stereocenters. The van der Waals surface area contributed by atoms with Gasteiger partial charge in [-0.15, -0.1) is 11.3 Å². The number of piperidine rings is 1. The van der Waals surface area contributed by atoms with Gasteiger partial charge in [0, 0.05) is 34.9 Å². The minimum Gasteiger partial charge on any atom is -0.473 e. The van der Waals surface area contributed by atoms with Crippen molar-refractivity contribution in [2.24, 2.45) is 0 Å². The number of carbonyl (C=O) groups excluding carboxylic acids is 1. The highest BCUT2D eigenvalue weighted by molar-refractivity contribution is 7.20. The van der Waals surface area contributed by atoms with Crippen molar-refractivity contribution in [3.63, 3.8) is 0 Å². The summed E-state index contributed by atoms with van der Waals surface area (Å²) in [5, 5.41) is 0.358. The van der Waals surface area contributed by atoms with E-state index in [1.54, 1.807) is 18.2 Å². The lowest BCUT2D eigenvalue weighted by Crippen LogP contribution is -2.35. The Morgan fingerprint density at radius 3 is 2.73 bits per heavy atom. The van der Waals surface area contributed by atoms with Crippen molar-refractivity contribution in [1.29, 1.82) is 0 Å². The van der Waals surface area contributed by atoms with Crippen molar-refractivity contribution in [2.75, 3.05) is 26.3 Å². The SMILES string of the molecule is CCOC(=O)c1cc2c(nc(CN3CCC(c4cccc(OCc5ccc(Cl)cc5F)n4)CC3)n2CC2CCO2)s1. The summed E-state index contributed by atoms with van der Waals surface area (Å²) < 4.78 is 33.1. The van der Waals surface area contributed by atoms with Gasteiger partial charge in [-0.25, -0.2) is 19.2 Å². The fourth-order valence-corrected chi connectivity index (χ4v) is 6.44. The van der Waals surface area contributed by atoms with Gasteiger partial charge in [0.25, 0.3) is 0 Å². The van der Waals surface area contributed by atoms with Gasteiger partial charge in [-0.2, -0.15) is 0 Å². The number of imidazole rings is 1. The number of aromatic nitrogens is 3. The maximum absolute atomic E-state index is 14.1. The third-order valence-corrected chi connectivity index (χ3v) is 8.92. The smallest absolute Gasteiger partial charge is 0.348 e. The van der Waals surface area contributed by atoms with Crippen molar-refractivity contribution in [2.45, 2.75) is 57.9 Å². The maximum atomic E-state index is 14.1. The van der Waals surface area contributed by atoms with E-state index in [0.29, 0.717) is 33.9 Å². The molecule has 11 heteroatoms. The largest absolute Gasteiger partial charge is 0.473 e. The average molecular weight is 599 g/mol. The van der Waals surface area contributed by atoms with Crippen molar-refractivity contribution in [1.82, 2.24) is 19.4 Å². The van der Waals surface area contributed by atoms with Crippen LogP contribution in [0, 0.1) is 5.82 Å². The monoisotopic (exact) mass is 598 g/mol. The zero-order valence-corrected chi connectivity index (χ0v) is 24.4. The van der Waals surface area contributed by atoms with Crippen LogP contribution in [0.25, 0.3) is 10.3 Å². The average Bonchev–Trinajstić information content (AvgIpc) is 3.49. The zero-order chi connectivity index (χ0) is 28.3. The minimum atomic E-state index is -0.388. The van der Waals surface area contributed by atoms with Crippen LogP contribution in [-0.4, -0.2) is 57.8 Å². The lowest BCUT2D eigenvalue weighted by molar-refractivity contribution is -0.0592. The number of likely N-dealkylation sites (tertiary alicyclic amines) is 1. The molecule has 2 fully saturated rings. The second kappa shape index (κ2) is 12.4. The normalized spacial score (nSPS) is 18.0. The molecular weight excluding hydrogens is 567 g/mol. The van der Waals surface area contributed by atoms with Gasteiger partial charge in [-0.3, -0.25) is 4.90 Å². The summed E-state index contributed by atoms with van der Waals surface area (Å²) in [5.41, 5.74) is 2.40. The first-order valence-electron chi connectivity index (χ1n) is 14.0. The van der Waals surface area contributed by atoms with Gasteiger partial charge >= 0.3 is 5.97 Å². The van der Waals surface area contributed by atoms with Gasteiger partial charge in [0.2, 0.25) is 5.88 Å². The molecule has 0 saturated carbocycles. The number of fused-ring (bicyclic) bond motifs is 1. The fraction of sp³-hybridized carbons (Fsp3) is 0.433. The summed E-state index contributed by atoms with van der Waals surface area (Å²) in [7, 11) is 0. The Morgan fingerprint density at radius 2 is 2.00 bits per heavy atom. The number of carbonyl (C=O) groups is 1. The van der Waals surface area contributed by atoms with Crippen LogP contribution >= 0.6 is 22.9 Å². The third kappa shape index (κ3) is 6.40. The number of rotatable bonds is 10. The van der Waals surface area contributed by atoms with Gasteiger partial charge in [0.1, 0.15) is 28.0 Å². The Labute approximate surface area is 247 Å². The number of benzene rings is 1. The van der Waals surface area contributed by atoms with Crippen LogP contribution in [0.4, 0.5) is 4.39 Å². The second-order valence-corrected chi connectivity index (χ2v) is 11.9. The van der Waals surface area contributed by atoms with E-state index in [1.165, 1.54) is 17.4 Å². The third-order valence-electron chi connectivity index (χ3n) is 7.69. The van der Waals surface area contributed by atoms with Crippen LogP contribution in [0.2, 0.25) is 5.02 Å². The molecule has 2 saturated heterocycles. The molecule has 0 aliphatic carbocycles. The lowest BCUT2D eigenvalue weighted by atomic mass is 9.93. The van der Waals surface area contributed by atoms with Crippen molar-refractivity contribution < 1.29 is 23.4 Å². The van der Waals surface area contributed by atoms with Crippen LogP contribution in [0.15, 0.2) is 42.5 Å². The molecule has 0 bridgehead atoms. The number of nitrogens with zero attached hydrogens (tertiary/aromatic N) is 4. The zero-order valence-electron chi connectivity index (χ0n) is 22.9. The molecule has 0 N–H and O–H groups in total. The van der Waals surface area contributed by atoms with Crippen LogP contribution in [0.1, 0.15) is 58.9 Å². The predicted molar refractivity (Wildman–Crippen MR) is 155 cm³/mol. The second-order valence-electron chi connectivity index (χ2n) is 10.4. The molecule has 216 valence electrons. The van der Waals surface area contributed by atoms with Gasteiger partial charge in [-0.1, -0.05) is 23.7 Å². The number of thiophene rings is 1. The van der Waals surface area contributed by atoms with Crippen LogP contribution in [-0.2, 0) is 29.2 Å². The van der Waals surface area contributed by atoms with Gasteiger partial charge in [0.15, 0.2) is 0 Å². The van der Waals surface area contributed by atoms with E-state index in [0.717, 1.165) is 73.9 Å². The van der Waals surface area contributed by atoms with Gasteiger partial charge in [-0.05, 0) is 63.5 Å². The highest BCUT2D eigenvalue weighted by Crippen LogP contribution is 2.32. The molecule has 41 heavy (non-hydrogen) atoms. The first-order valence-corrected chi connectivity index (χ1v) is 15.2. The summed E-state index contributed by atoms with van der Waals surface area (Å²) >= 11 is 7.24. The maximum Gasteiger partial charge on any atom is 0.348 e. The summed E-state index contributed by atoms with van der Waals surface area (Å²) in [6.45, 7) is 6.35. The minimum absolute atomic E-state index is 0.0924. The number of hydrogen-bond donors (Lipinski definition) is 0. The Kier molecular flexibility index (Phi) is 8.52. The van der Waals surface area contributed by atoms with Crippen molar-refractivity contribution in [3.05, 3.63) is 75.3 Å². The Hall–Kier alpha value is -3.05. The van der Waals surface area contributed by atoms with E-state index < -0.39 is 0 Å². The molecule has 2 aliphatic rings. The van der Waals surface area contributed by atoms with E-state index in [-0.39, 0.29) is 24.5 Å². The first-order chi connectivity index (χ1) is 20.0. The number of halogens is 2. The highest BCUT2D eigenvalue weighted by atomic mass is 35.5. The molecule has 3 aromatic heterocycles. The van der Waals surface area contributed by atoms with E-state index in [4.69, 9.17) is 35.8 Å². The Balaban J connectivity index is 1.09. The highest BCUT2D eigenvalue weighted by Gasteiger charge is 2.27. The van der Waals surface area contributed by atoms with E-state index >= 15 is 0 Å². The molecule has 4 aromatic rings. The molecule has 1 aromatic carbocycles. The number of ether oxygens (including phenoxy) is 3. The molecular formula is C30H32ClFN4O4S. The lowest BCUT2D eigenvalue weighted by Gasteiger charge is -2.32. The summed E-state index contributed by atoms with van der Waals surface area (Å²) in [4.78, 5) is 25.8. The molecule has 0 spiro atoms. The number of pyridine rings is 1. The van der Waals surface area contributed by atoms with Gasteiger partial charge in [0.05, 0.1) is 31.3 Å². The van der Waals surface area contributed by atoms with Crippen LogP contribution < -0.4 is 4.74 Å². The molecule has 2 aliphatic heterocycles. The van der Waals surface area contributed by atoms with Crippen LogP contribution in [0.5, 0.6) is 5.88 Å². The number of esters is 1. The number of hydrogen-bond acceptors (Lipinski definition) is 8. The molecule has 8 nitrogen and oxygen atoms in total. The van der Waals surface area contributed by atoms with Crippen molar-refractivity contribution >= 4 is 39.3 Å². The summed E-state index contributed by atoms with van der Waals surface area (Å²) in [6, 6.07) is 12.3.